The molecule has 0 radical (unpaired) electrons. The van der Waals surface area contributed by atoms with Gasteiger partial charge in [0.05, 0.1) is 6.42 Å². The summed E-state index contributed by atoms with van der Waals surface area (Å²) >= 11 is 7.81. The van der Waals surface area contributed by atoms with Crippen LogP contribution < -0.4 is 10.2 Å². The second-order valence-corrected chi connectivity index (χ2v) is 11.7. The Hall–Kier alpha value is -2.34. The van der Waals surface area contributed by atoms with Gasteiger partial charge in [-0.1, -0.05) is 23.7 Å². The number of nitrogens with zero attached hydrogens (tertiary/aromatic N) is 2. The van der Waals surface area contributed by atoms with Gasteiger partial charge in [-0.15, -0.1) is 11.3 Å². The average Bonchev–Trinajstić information content (AvgIpc) is 3.28. The molecule has 6 heteroatoms. The van der Waals surface area contributed by atoms with E-state index in [-0.39, 0.29) is 11.9 Å². The lowest BCUT2D eigenvalue weighted by atomic mass is 9.84. The third-order valence-electron chi connectivity index (χ3n) is 7.49. The number of thiophene rings is 1. The summed E-state index contributed by atoms with van der Waals surface area (Å²) in [7, 11) is 2.20. The maximum Gasteiger partial charge on any atom is 0.225 e. The highest BCUT2D eigenvalue weighted by molar-refractivity contribution is 7.15. The molecule has 1 N–H and O–H groups in total. The molecule has 1 atom stereocenters. The van der Waals surface area contributed by atoms with Crippen LogP contribution in [0, 0.1) is 13.8 Å². The number of fused-ring (bicyclic) bond motifs is 1. The van der Waals surface area contributed by atoms with Crippen molar-refractivity contribution in [3.63, 3.8) is 0 Å². The third kappa shape index (κ3) is 5.42. The molecule has 0 saturated carbocycles. The Morgan fingerprint density at radius 1 is 1.03 bits per heavy atom. The van der Waals surface area contributed by atoms with E-state index in [1.807, 2.05) is 12.1 Å². The molecular formula is C29H34ClN3OS. The summed E-state index contributed by atoms with van der Waals surface area (Å²) in [5, 5.41) is 4.11. The molecule has 1 aromatic heterocycles. The minimum Gasteiger partial charge on any atom is -0.369 e. The highest BCUT2D eigenvalue weighted by Crippen LogP contribution is 2.34. The van der Waals surface area contributed by atoms with Gasteiger partial charge in [-0.3, -0.25) is 4.79 Å². The molecule has 4 nitrogen and oxygen atoms in total. The fourth-order valence-corrected chi connectivity index (χ4v) is 6.79. The molecule has 3 aromatic rings. The zero-order chi connectivity index (χ0) is 24.5. The minimum atomic E-state index is 0.119. The van der Waals surface area contributed by atoms with Crippen LogP contribution in [0.3, 0.4) is 0 Å². The van der Waals surface area contributed by atoms with Crippen molar-refractivity contribution >= 4 is 34.5 Å². The molecule has 184 valence electrons. The van der Waals surface area contributed by atoms with Crippen molar-refractivity contribution in [2.45, 2.75) is 45.6 Å². The number of carbonyl (C=O) groups excluding carboxylic acids is 1. The van der Waals surface area contributed by atoms with Gasteiger partial charge in [0.15, 0.2) is 0 Å². The number of hydrogen-bond acceptors (Lipinski definition) is 4. The van der Waals surface area contributed by atoms with Crippen molar-refractivity contribution in [1.82, 2.24) is 10.2 Å². The number of hydrogen-bond donors (Lipinski definition) is 1. The smallest absolute Gasteiger partial charge is 0.225 e. The molecule has 1 aliphatic carbocycles. The van der Waals surface area contributed by atoms with Crippen LogP contribution in [-0.4, -0.2) is 50.1 Å². The SMILES string of the molecule is Cc1cc(Cl)ccc1-c1ccc(CC(=O)N[C@@H]2CCc3c(C)ccc(N4CCN(C)CC4)c3C2)s1. The molecule has 0 bridgehead atoms. The van der Waals surface area contributed by atoms with Gasteiger partial charge in [-0.05, 0) is 98.3 Å². The number of piperazine rings is 1. The van der Waals surface area contributed by atoms with E-state index in [0.717, 1.165) is 60.9 Å². The number of aryl methyl sites for hydroxylation is 2. The van der Waals surface area contributed by atoms with E-state index in [9.17, 15) is 4.79 Å². The van der Waals surface area contributed by atoms with E-state index in [2.05, 4.69) is 66.3 Å². The Labute approximate surface area is 217 Å². The molecule has 5 rings (SSSR count). The zero-order valence-corrected chi connectivity index (χ0v) is 22.4. The summed E-state index contributed by atoms with van der Waals surface area (Å²) in [6.45, 7) is 8.63. The van der Waals surface area contributed by atoms with Crippen LogP contribution >= 0.6 is 22.9 Å². The van der Waals surface area contributed by atoms with Gasteiger partial charge in [0.25, 0.3) is 0 Å². The molecule has 0 unspecified atom stereocenters. The number of halogens is 1. The number of amides is 1. The Morgan fingerprint density at radius 3 is 2.60 bits per heavy atom. The predicted octanol–water partition coefficient (Wildman–Crippen LogP) is 5.65. The molecule has 35 heavy (non-hydrogen) atoms. The number of benzene rings is 2. The van der Waals surface area contributed by atoms with E-state index >= 15 is 0 Å². The molecule has 2 aromatic carbocycles. The molecular weight excluding hydrogens is 474 g/mol. The number of nitrogens with one attached hydrogen (secondary N) is 1. The van der Waals surface area contributed by atoms with Crippen LogP contribution in [-0.2, 0) is 24.1 Å². The maximum absolute atomic E-state index is 13.0. The lowest BCUT2D eigenvalue weighted by Gasteiger charge is -2.37. The van der Waals surface area contributed by atoms with E-state index < -0.39 is 0 Å². The summed E-state index contributed by atoms with van der Waals surface area (Å²) in [5.41, 5.74) is 8.03. The fraction of sp³-hybridized carbons (Fsp3) is 0.414. The summed E-state index contributed by atoms with van der Waals surface area (Å²) < 4.78 is 0. The summed E-state index contributed by atoms with van der Waals surface area (Å²) in [5.74, 6) is 0.119. The van der Waals surface area contributed by atoms with E-state index in [0.29, 0.717) is 6.42 Å². The average molecular weight is 508 g/mol. The first-order chi connectivity index (χ1) is 16.9. The number of carbonyl (C=O) groups is 1. The van der Waals surface area contributed by atoms with Crippen LogP contribution in [0.2, 0.25) is 5.02 Å². The van der Waals surface area contributed by atoms with Crippen LogP contribution in [0.25, 0.3) is 10.4 Å². The molecule has 2 aliphatic rings. The zero-order valence-electron chi connectivity index (χ0n) is 20.9. The first-order valence-corrected chi connectivity index (χ1v) is 13.8. The molecule has 1 amide bonds. The summed E-state index contributed by atoms with van der Waals surface area (Å²) in [6, 6.07) is 15.0. The van der Waals surface area contributed by atoms with Gasteiger partial charge in [-0.25, -0.2) is 0 Å². The van der Waals surface area contributed by atoms with Crippen molar-refractivity contribution < 1.29 is 4.79 Å². The van der Waals surface area contributed by atoms with Crippen LogP contribution in [0.1, 0.15) is 33.6 Å². The first-order valence-electron chi connectivity index (χ1n) is 12.6. The Bertz CT molecular complexity index is 1230. The summed E-state index contributed by atoms with van der Waals surface area (Å²) in [4.78, 5) is 20.2. The van der Waals surface area contributed by atoms with Gasteiger partial charge >= 0.3 is 0 Å². The molecule has 1 fully saturated rings. The van der Waals surface area contributed by atoms with E-state index in [4.69, 9.17) is 11.6 Å². The quantitative estimate of drug-likeness (QED) is 0.484. The molecule has 1 aliphatic heterocycles. The molecule has 1 saturated heterocycles. The highest BCUT2D eigenvalue weighted by atomic mass is 35.5. The normalized spacial score (nSPS) is 18.4. The molecule has 2 heterocycles. The monoisotopic (exact) mass is 507 g/mol. The summed E-state index contributed by atoms with van der Waals surface area (Å²) in [6.07, 6.45) is 3.39. The van der Waals surface area contributed by atoms with Gasteiger partial charge in [0, 0.05) is 52.7 Å². The minimum absolute atomic E-state index is 0.119. The molecule has 0 spiro atoms. The van der Waals surface area contributed by atoms with Crippen molar-refractivity contribution in [3.05, 3.63) is 74.6 Å². The number of rotatable bonds is 5. The lowest BCUT2D eigenvalue weighted by Crippen LogP contribution is -2.45. The highest BCUT2D eigenvalue weighted by Gasteiger charge is 2.26. The second kappa shape index (κ2) is 10.3. The lowest BCUT2D eigenvalue weighted by molar-refractivity contribution is -0.121. The third-order valence-corrected chi connectivity index (χ3v) is 8.85. The standard InChI is InChI=1S/C29H34ClN3OS/c1-19-4-10-27(33-14-12-32(3)13-15-33)26-17-22(6-9-24(19)26)31-29(34)18-23-7-11-28(35-23)25-8-5-21(30)16-20(25)2/h4-5,7-8,10-11,16,22H,6,9,12-15,17-18H2,1-3H3,(H,31,34)/t22-/m1/s1. The van der Waals surface area contributed by atoms with Crippen LogP contribution in [0.5, 0.6) is 0 Å². The van der Waals surface area contributed by atoms with Crippen molar-refractivity contribution in [3.8, 4) is 10.4 Å². The largest absolute Gasteiger partial charge is 0.369 e. The number of likely N-dealkylation sites (N-methyl/N-ethyl adjacent to an activating group) is 1. The predicted molar refractivity (Wildman–Crippen MR) is 148 cm³/mol. The first kappa shape index (κ1) is 24.4. The van der Waals surface area contributed by atoms with Gasteiger partial charge in [0.2, 0.25) is 5.91 Å². The Morgan fingerprint density at radius 2 is 1.83 bits per heavy atom. The van der Waals surface area contributed by atoms with Gasteiger partial charge in [0.1, 0.15) is 0 Å². The fourth-order valence-electron chi connectivity index (χ4n) is 5.47. The Balaban J connectivity index is 1.25. The van der Waals surface area contributed by atoms with Crippen LogP contribution in [0.15, 0.2) is 42.5 Å². The van der Waals surface area contributed by atoms with Gasteiger partial charge in [-0.2, -0.15) is 0 Å². The Kier molecular flexibility index (Phi) is 7.19. The van der Waals surface area contributed by atoms with Crippen molar-refractivity contribution in [2.75, 3.05) is 38.1 Å². The number of anilines is 1. The maximum atomic E-state index is 13.0. The topological polar surface area (TPSA) is 35.6 Å². The van der Waals surface area contributed by atoms with Crippen LogP contribution in [0.4, 0.5) is 5.69 Å². The van der Waals surface area contributed by atoms with Crippen molar-refractivity contribution in [1.29, 1.82) is 0 Å². The van der Waals surface area contributed by atoms with Crippen molar-refractivity contribution in [2.24, 2.45) is 0 Å². The second-order valence-electron chi connectivity index (χ2n) is 10.1. The van der Waals surface area contributed by atoms with E-state index in [1.54, 1.807) is 11.3 Å². The van der Waals surface area contributed by atoms with Gasteiger partial charge < -0.3 is 15.1 Å². The van der Waals surface area contributed by atoms with E-state index in [1.165, 1.54) is 32.8 Å².